The molecule has 21 heavy (non-hydrogen) atoms. The second kappa shape index (κ2) is 6.39. The molecular weight excluding hydrogens is 292 g/mol. The van der Waals surface area contributed by atoms with E-state index in [4.69, 9.17) is 22.4 Å². The minimum atomic E-state index is -1.16. The lowest BCUT2D eigenvalue weighted by molar-refractivity contribution is -0.117. The van der Waals surface area contributed by atoms with E-state index in [9.17, 15) is 9.59 Å². The molecule has 0 radical (unpaired) electrons. The van der Waals surface area contributed by atoms with Crippen molar-refractivity contribution in [1.82, 2.24) is 0 Å². The average molecular weight is 305 g/mol. The Morgan fingerprint density at radius 3 is 2.43 bits per heavy atom. The van der Waals surface area contributed by atoms with Gasteiger partial charge in [0.1, 0.15) is 6.04 Å². The summed E-state index contributed by atoms with van der Waals surface area (Å²) in [5, 5.41) is 11.7. The highest BCUT2D eigenvalue weighted by Crippen LogP contribution is 2.21. The van der Waals surface area contributed by atoms with E-state index in [0.717, 1.165) is 0 Å². The predicted octanol–water partition coefficient (Wildman–Crippen LogP) is 2.68. The SMILES string of the molecule is N[C@@H](C(=O)Nc1ccc(Cl)c(C(=O)O)c1)c1ccccc1. The molecule has 0 heterocycles. The number of amides is 1. The smallest absolute Gasteiger partial charge is 0.337 e. The third kappa shape index (κ3) is 3.59. The van der Waals surface area contributed by atoms with Crippen molar-refractivity contribution in [2.24, 2.45) is 5.73 Å². The number of carbonyl (C=O) groups is 2. The number of anilines is 1. The standard InChI is InChI=1S/C15H13ClN2O3/c16-12-7-6-10(8-11(12)15(20)21)18-14(19)13(17)9-4-2-1-3-5-9/h1-8,13H,17H2,(H,18,19)(H,20,21)/t13-/m1/s1. The topological polar surface area (TPSA) is 92.4 Å². The summed E-state index contributed by atoms with van der Waals surface area (Å²) >= 11 is 5.77. The summed E-state index contributed by atoms with van der Waals surface area (Å²) in [6.45, 7) is 0. The van der Waals surface area contributed by atoms with Gasteiger partial charge in [0.25, 0.3) is 0 Å². The summed E-state index contributed by atoms with van der Waals surface area (Å²) in [5.41, 5.74) is 6.77. The number of benzene rings is 2. The van der Waals surface area contributed by atoms with Crippen LogP contribution in [-0.4, -0.2) is 17.0 Å². The molecule has 2 aromatic rings. The number of carboxylic acid groups (broad SMARTS) is 1. The highest BCUT2D eigenvalue weighted by atomic mass is 35.5. The molecule has 0 aliphatic heterocycles. The van der Waals surface area contributed by atoms with Gasteiger partial charge in [-0.25, -0.2) is 4.79 Å². The molecule has 6 heteroatoms. The van der Waals surface area contributed by atoms with Crippen LogP contribution in [0.2, 0.25) is 5.02 Å². The van der Waals surface area contributed by atoms with Crippen molar-refractivity contribution in [1.29, 1.82) is 0 Å². The molecule has 0 aliphatic carbocycles. The molecule has 0 aliphatic rings. The maximum Gasteiger partial charge on any atom is 0.337 e. The Kier molecular flexibility index (Phi) is 4.57. The highest BCUT2D eigenvalue weighted by Gasteiger charge is 2.17. The number of hydrogen-bond acceptors (Lipinski definition) is 3. The molecule has 0 spiro atoms. The van der Waals surface area contributed by atoms with Crippen LogP contribution in [0.5, 0.6) is 0 Å². The third-order valence-electron chi connectivity index (χ3n) is 2.91. The maximum absolute atomic E-state index is 12.1. The summed E-state index contributed by atoms with van der Waals surface area (Å²) in [7, 11) is 0. The average Bonchev–Trinajstić information content (AvgIpc) is 2.49. The van der Waals surface area contributed by atoms with E-state index in [0.29, 0.717) is 11.3 Å². The van der Waals surface area contributed by atoms with Crippen molar-refractivity contribution in [3.63, 3.8) is 0 Å². The van der Waals surface area contributed by atoms with E-state index in [1.54, 1.807) is 24.3 Å². The lowest BCUT2D eigenvalue weighted by atomic mass is 10.1. The van der Waals surface area contributed by atoms with E-state index < -0.39 is 17.9 Å². The number of aromatic carboxylic acids is 1. The van der Waals surface area contributed by atoms with Gasteiger partial charge in [-0.1, -0.05) is 41.9 Å². The van der Waals surface area contributed by atoms with Crippen LogP contribution in [0, 0.1) is 0 Å². The first-order valence-corrected chi connectivity index (χ1v) is 6.51. The molecule has 0 fully saturated rings. The first kappa shape index (κ1) is 15.0. The van der Waals surface area contributed by atoms with Gasteiger partial charge in [0, 0.05) is 5.69 Å². The second-order valence-corrected chi connectivity index (χ2v) is 4.78. The molecular formula is C15H13ClN2O3. The second-order valence-electron chi connectivity index (χ2n) is 4.38. The number of nitrogens with one attached hydrogen (secondary N) is 1. The lowest BCUT2D eigenvalue weighted by Gasteiger charge is -2.13. The van der Waals surface area contributed by atoms with Crippen molar-refractivity contribution in [3.05, 3.63) is 64.7 Å². The number of carboxylic acids is 1. The summed E-state index contributed by atoms with van der Waals surface area (Å²) in [5.74, 6) is -1.59. The summed E-state index contributed by atoms with van der Waals surface area (Å²) in [6.07, 6.45) is 0. The van der Waals surface area contributed by atoms with E-state index in [-0.39, 0.29) is 10.6 Å². The van der Waals surface area contributed by atoms with Crippen LogP contribution in [-0.2, 0) is 4.79 Å². The molecule has 2 aromatic carbocycles. The Bertz CT molecular complexity index is 674. The zero-order chi connectivity index (χ0) is 15.4. The van der Waals surface area contributed by atoms with E-state index >= 15 is 0 Å². The zero-order valence-electron chi connectivity index (χ0n) is 10.9. The lowest BCUT2D eigenvalue weighted by Crippen LogP contribution is -2.27. The molecule has 0 saturated carbocycles. The molecule has 108 valence electrons. The van der Waals surface area contributed by atoms with E-state index in [1.165, 1.54) is 18.2 Å². The number of halogens is 1. The van der Waals surface area contributed by atoms with Gasteiger partial charge in [-0.3, -0.25) is 4.79 Å². The minimum Gasteiger partial charge on any atom is -0.478 e. The largest absolute Gasteiger partial charge is 0.478 e. The Balaban J connectivity index is 2.16. The van der Waals surface area contributed by atoms with Crippen molar-refractivity contribution >= 4 is 29.2 Å². The Morgan fingerprint density at radius 1 is 1.14 bits per heavy atom. The zero-order valence-corrected chi connectivity index (χ0v) is 11.7. The van der Waals surface area contributed by atoms with Crippen LogP contribution >= 0.6 is 11.6 Å². The monoisotopic (exact) mass is 304 g/mol. The van der Waals surface area contributed by atoms with Gasteiger partial charge < -0.3 is 16.2 Å². The first-order valence-electron chi connectivity index (χ1n) is 6.13. The summed E-state index contributed by atoms with van der Waals surface area (Å²) < 4.78 is 0. The number of carbonyl (C=O) groups excluding carboxylic acids is 1. The first-order chi connectivity index (χ1) is 9.99. The van der Waals surface area contributed by atoms with Crippen LogP contribution < -0.4 is 11.1 Å². The van der Waals surface area contributed by atoms with Gasteiger partial charge in [-0.15, -0.1) is 0 Å². The van der Waals surface area contributed by atoms with Gasteiger partial charge in [0.15, 0.2) is 0 Å². The van der Waals surface area contributed by atoms with Crippen LogP contribution in [0.15, 0.2) is 48.5 Å². The molecule has 2 rings (SSSR count). The molecule has 0 bridgehead atoms. The molecule has 1 atom stereocenters. The van der Waals surface area contributed by atoms with Crippen LogP contribution in [0.3, 0.4) is 0 Å². The fraction of sp³-hybridized carbons (Fsp3) is 0.0667. The van der Waals surface area contributed by atoms with Crippen LogP contribution in [0.25, 0.3) is 0 Å². The van der Waals surface area contributed by atoms with Crippen LogP contribution in [0.4, 0.5) is 5.69 Å². The number of nitrogens with two attached hydrogens (primary N) is 1. The van der Waals surface area contributed by atoms with Crippen molar-refractivity contribution < 1.29 is 14.7 Å². The Morgan fingerprint density at radius 2 is 1.81 bits per heavy atom. The number of hydrogen-bond donors (Lipinski definition) is 3. The van der Waals surface area contributed by atoms with E-state index in [1.807, 2.05) is 6.07 Å². The van der Waals surface area contributed by atoms with Crippen molar-refractivity contribution in [3.8, 4) is 0 Å². The summed E-state index contributed by atoms with van der Waals surface area (Å²) in [4.78, 5) is 23.1. The summed E-state index contributed by atoms with van der Waals surface area (Å²) in [6, 6.07) is 12.3. The van der Waals surface area contributed by atoms with Gasteiger partial charge in [0.2, 0.25) is 5.91 Å². The third-order valence-corrected chi connectivity index (χ3v) is 3.24. The normalized spacial score (nSPS) is 11.7. The Labute approximate surface area is 126 Å². The molecule has 4 N–H and O–H groups in total. The van der Waals surface area contributed by atoms with Gasteiger partial charge in [0.05, 0.1) is 10.6 Å². The fourth-order valence-corrected chi connectivity index (χ4v) is 2.00. The van der Waals surface area contributed by atoms with Gasteiger partial charge in [-0.05, 0) is 23.8 Å². The van der Waals surface area contributed by atoms with Crippen molar-refractivity contribution in [2.45, 2.75) is 6.04 Å². The highest BCUT2D eigenvalue weighted by molar-refractivity contribution is 6.33. The van der Waals surface area contributed by atoms with E-state index in [2.05, 4.69) is 5.32 Å². The minimum absolute atomic E-state index is 0.0808. The van der Waals surface area contributed by atoms with Crippen molar-refractivity contribution in [2.75, 3.05) is 5.32 Å². The molecule has 0 saturated heterocycles. The number of rotatable bonds is 4. The quantitative estimate of drug-likeness (QED) is 0.809. The fourth-order valence-electron chi connectivity index (χ4n) is 1.80. The molecule has 0 unspecified atom stereocenters. The predicted molar refractivity (Wildman–Crippen MR) is 80.4 cm³/mol. The molecule has 1 amide bonds. The maximum atomic E-state index is 12.1. The van der Waals surface area contributed by atoms with Gasteiger partial charge in [-0.2, -0.15) is 0 Å². The molecule has 5 nitrogen and oxygen atoms in total. The van der Waals surface area contributed by atoms with Crippen LogP contribution in [0.1, 0.15) is 22.0 Å². The molecule has 0 aromatic heterocycles. The van der Waals surface area contributed by atoms with Gasteiger partial charge >= 0.3 is 5.97 Å². The Hall–Kier alpha value is -2.37.